The maximum Gasteiger partial charge on any atom is 0.307 e. The van der Waals surface area contributed by atoms with Gasteiger partial charge in [-0.15, -0.1) is 12.4 Å². The van der Waals surface area contributed by atoms with Crippen molar-refractivity contribution in [1.82, 2.24) is 0 Å². The topological polar surface area (TPSA) is 52.3 Å². The number of benzene rings is 2. The molecule has 1 aliphatic carbocycles. The van der Waals surface area contributed by atoms with Crippen molar-refractivity contribution in [2.24, 2.45) is 5.73 Å². The minimum atomic E-state index is -0.728. The highest BCUT2D eigenvalue weighted by Gasteiger charge is 2.25. The van der Waals surface area contributed by atoms with Crippen LogP contribution in [0.4, 0.5) is 4.39 Å². The third kappa shape index (κ3) is 4.73. The quantitative estimate of drug-likeness (QED) is 0.630. The molecule has 0 saturated heterocycles. The molecule has 1 saturated carbocycles. The number of ether oxygens (including phenoxy) is 1. The number of hydrogen-bond donors (Lipinski definition) is 1. The second kappa shape index (κ2) is 9.06. The molecule has 1 aliphatic rings. The van der Waals surface area contributed by atoms with E-state index in [2.05, 4.69) is 26.0 Å². The maximum atomic E-state index is 14.7. The molecule has 0 aromatic heterocycles. The van der Waals surface area contributed by atoms with Gasteiger partial charge in [0.15, 0.2) is 0 Å². The van der Waals surface area contributed by atoms with E-state index in [1.807, 2.05) is 6.07 Å². The minimum Gasteiger partial charge on any atom is -0.466 e. The van der Waals surface area contributed by atoms with Gasteiger partial charge >= 0.3 is 5.97 Å². The lowest BCUT2D eigenvalue weighted by atomic mass is 9.89. The Bertz CT molecular complexity index is 854. The Hall–Kier alpha value is -1.91. The molecule has 0 unspecified atom stereocenters. The smallest absolute Gasteiger partial charge is 0.307 e. The molecule has 2 aromatic rings. The first kappa shape index (κ1) is 22.4. The van der Waals surface area contributed by atoms with Crippen LogP contribution in [0.5, 0.6) is 0 Å². The van der Waals surface area contributed by atoms with Gasteiger partial charge in [0.1, 0.15) is 5.82 Å². The van der Waals surface area contributed by atoms with Crippen molar-refractivity contribution in [2.45, 2.75) is 58.9 Å². The van der Waals surface area contributed by atoms with Crippen LogP contribution in [-0.4, -0.2) is 12.6 Å². The molecule has 2 N–H and O–H groups in total. The molecule has 0 radical (unpaired) electrons. The van der Waals surface area contributed by atoms with Crippen LogP contribution in [0.1, 0.15) is 66.0 Å². The van der Waals surface area contributed by atoms with E-state index in [1.165, 1.54) is 29.5 Å². The Balaban J connectivity index is 0.00000280. The average molecular weight is 406 g/mol. The zero-order valence-corrected chi connectivity index (χ0v) is 17.8. The van der Waals surface area contributed by atoms with Crippen molar-refractivity contribution in [3.8, 4) is 11.1 Å². The van der Waals surface area contributed by atoms with Crippen molar-refractivity contribution < 1.29 is 13.9 Å². The van der Waals surface area contributed by atoms with Crippen LogP contribution in [0.25, 0.3) is 11.1 Å². The molecule has 0 bridgehead atoms. The van der Waals surface area contributed by atoms with Crippen molar-refractivity contribution in [3.05, 3.63) is 57.9 Å². The average Bonchev–Trinajstić information content (AvgIpc) is 3.42. The van der Waals surface area contributed by atoms with E-state index < -0.39 is 12.0 Å². The fraction of sp³-hybridized carbons (Fsp3) is 0.435. The molecule has 28 heavy (non-hydrogen) atoms. The van der Waals surface area contributed by atoms with Gasteiger partial charge in [0.05, 0.1) is 13.0 Å². The summed E-state index contributed by atoms with van der Waals surface area (Å²) in [5.74, 6) is -0.0611. The molecule has 1 atom stereocenters. The lowest BCUT2D eigenvalue weighted by Gasteiger charge is -2.18. The number of carbonyl (C=O) groups excluding carboxylic acids is 1. The van der Waals surface area contributed by atoms with Gasteiger partial charge in [-0.1, -0.05) is 12.1 Å². The summed E-state index contributed by atoms with van der Waals surface area (Å²) in [4.78, 5) is 11.8. The first-order valence-electron chi connectivity index (χ1n) is 9.64. The lowest BCUT2D eigenvalue weighted by molar-refractivity contribution is -0.143. The summed E-state index contributed by atoms with van der Waals surface area (Å²) in [6.07, 6.45) is 2.49. The van der Waals surface area contributed by atoms with Gasteiger partial charge in [0.2, 0.25) is 0 Å². The molecule has 0 aliphatic heterocycles. The maximum absolute atomic E-state index is 14.7. The molecule has 3 rings (SSSR count). The Morgan fingerprint density at radius 2 is 1.75 bits per heavy atom. The number of rotatable bonds is 6. The van der Waals surface area contributed by atoms with Crippen LogP contribution in [0.3, 0.4) is 0 Å². The van der Waals surface area contributed by atoms with Crippen LogP contribution < -0.4 is 5.73 Å². The fourth-order valence-electron chi connectivity index (χ4n) is 3.83. The standard InChI is InChI=1S/C23H28FNO2.ClH/c1-5-27-21(26)12-20(25)19-11-18(10-15(4)23(19)24)22-13(2)8-17(9-14(22)3)16-6-7-16;/h8-11,16,20H,5-7,12,25H2,1-4H3;1H/t20-;/m0./s1. The Kier molecular flexibility index (Phi) is 7.24. The van der Waals surface area contributed by atoms with E-state index in [1.54, 1.807) is 19.9 Å². The van der Waals surface area contributed by atoms with Crippen LogP contribution in [0, 0.1) is 26.6 Å². The SMILES string of the molecule is CCOC(=O)C[C@H](N)c1cc(-c2c(C)cc(C3CC3)cc2C)cc(C)c1F.Cl. The van der Waals surface area contributed by atoms with Crippen LogP contribution in [0.15, 0.2) is 24.3 Å². The molecule has 5 heteroatoms. The monoisotopic (exact) mass is 405 g/mol. The second-order valence-electron chi connectivity index (χ2n) is 7.62. The first-order chi connectivity index (χ1) is 12.8. The highest BCUT2D eigenvalue weighted by Crippen LogP contribution is 2.42. The molecular formula is C23H29ClFNO2. The largest absolute Gasteiger partial charge is 0.466 e. The predicted molar refractivity (Wildman–Crippen MR) is 113 cm³/mol. The summed E-state index contributed by atoms with van der Waals surface area (Å²) >= 11 is 0. The van der Waals surface area contributed by atoms with Gasteiger partial charge in [-0.3, -0.25) is 4.79 Å². The predicted octanol–water partition coefficient (Wildman–Crippen LogP) is 5.67. The summed E-state index contributed by atoms with van der Waals surface area (Å²) in [5.41, 5.74) is 12.9. The van der Waals surface area contributed by atoms with Gasteiger partial charge < -0.3 is 10.5 Å². The summed E-state index contributed by atoms with van der Waals surface area (Å²) in [7, 11) is 0. The van der Waals surface area contributed by atoms with Crippen LogP contribution >= 0.6 is 12.4 Å². The summed E-state index contributed by atoms with van der Waals surface area (Å²) < 4.78 is 19.7. The van der Waals surface area contributed by atoms with Crippen LogP contribution in [-0.2, 0) is 9.53 Å². The number of carbonyl (C=O) groups is 1. The third-order valence-electron chi connectivity index (χ3n) is 5.27. The van der Waals surface area contributed by atoms with E-state index in [0.717, 1.165) is 11.1 Å². The van der Waals surface area contributed by atoms with E-state index in [0.29, 0.717) is 23.7 Å². The molecule has 3 nitrogen and oxygen atoms in total. The zero-order valence-electron chi connectivity index (χ0n) is 17.0. The van der Waals surface area contributed by atoms with Gasteiger partial charge in [-0.2, -0.15) is 0 Å². The number of halogens is 2. The van der Waals surface area contributed by atoms with Crippen LogP contribution in [0.2, 0.25) is 0 Å². The summed E-state index contributed by atoms with van der Waals surface area (Å²) in [6, 6.07) is 7.42. The molecule has 0 heterocycles. The van der Waals surface area contributed by atoms with Crippen molar-refractivity contribution >= 4 is 18.4 Å². The Morgan fingerprint density at radius 1 is 1.14 bits per heavy atom. The highest BCUT2D eigenvalue weighted by atomic mass is 35.5. The normalized spacial score (nSPS) is 14.4. The molecule has 0 spiro atoms. The molecule has 1 fully saturated rings. The molecule has 152 valence electrons. The van der Waals surface area contributed by atoms with Crippen molar-refractivity contribution in [3.63, 3.8) is 0 Å². The Morgan fingerprint density at radius 3 is 2.29 bits per heavy atom. The number of hydrogen-bond acceptors (Lipinski definition) is 3. The van der Waals surface area contributed by atoms with E-state index in [9.17, 15) is 9.18 Å². The number of nitrogens with two attached hydrogens (primary N) is 1. The molecule has 2 aromatic carbocycles. The first-order valence-corrected chi connectivity index (χ1v) is 9.64. The van der Waals surface area contributed by atoms with E-state index in [-0.39, 0.29) is 24.6 Å². The summed E-state index contributed by atoms with van der Waals surface area (Å²) in [5, 5.41) is 0. The summed E-state index contributed by atoms with van der Waals surface area (Å²) in [6.45, 7) is 7.98. The number of esters is 1. The van der Waals surface area contributed by atoms with Gasteiger partial charge in [-0.25, -0.2) is 4.39 Å². The van der Waals surface area contributed by atoms with E-state index >= 15 is 0 Å². The fourth-order valence-corrected chi connectivity index (χ4v) is 3.83. The second-order valence-corrected chi connectivity index (χ2v) is 7.62. The minimum absolute atomic E-state index is 0. The zero-order chi connectivity index (χ0) is 19.7. The van der Waals surface area contributed by atoms with E-state index in [4.69, 9.17) is 10.5 Å². The highest BCUT2D eigenvalue weighted by molar-refractivity contribution is 5.85. The molecular weight excluding hydrogens is 377 g/mol. The van der Waals surface area contributed by atoms with Gasteiger partial charge in [-0.05, 0) is 92.0 Å². The van der Waals surface area contributed by atoms with Crippen molar-refractivity contribution in [1.29, 1.82) is 0 Å². The molecule has 0 amide bonds. The lowest BCUT2D eigenvalue weighted by Crippen LogP contribution is -2.19. The Labute approximate surface area is 172 Å². The number of aryl methyl sites for hydroxylation is 3. The third-order valence-corrected chi connectivity index (χ3v) is 5.27. The van der Waals surface area contributed by atoms with Gasteiger partial charge in [0, 0.05) is 11.6 Å². The van der Waals surface area contributed by atoms with Gasteiger partial charge in [0.25, 0.3) is 0 Å². The van der Waals surface area contributed by atoms with Crippen molar-refractivity contribution in [2.75, 3.05) is 6.61 Å².